The number of hydrogen-bond acceptors (Lipinski definition) is 5. The Hall–Kier alpha value is -1.60. The van der Waals surface area contributed by atoms with Gasteiger partial charge in [0.15, 0.2) is 0 Å². The third kappa shape index (κ3) is 5.19. The van der Waals surface area contributed by atoms with Gasteiger partial charge in [-0.05, 0) is 25.3 Å². The molecule has 1 amide bonds. The molecule has 1 aliphatic rings. The summed E-state index contributed by atoms with van der Waals surface area (Å²) in [6.45, 7) is 0.485. The quantitative estimate of drug-likeness (QED) is 0.722. The fourth-order valence-corrected chi connectivity index (χ4v) is 4.22. The summed E-state index contributed by atoms with van der Waals surface area (Å²) in [5.74, 6) is 0.448. The Balaban J connectivity index is 2.06. The summed E-state index contributed by atoms with van der Waals surface area (Å²) in [4.78, 5) is 12.3. The number of amides is 1. The number of nitrogens with one attached hydrogen (secondary N) is 1. The summed E-state index contributed by atoms with van der Waals surface area (Å²) in [5, 5.41) is 2.94. The van der Waals surface area contributed by atoms with E-state index in [1.165, 1.54) is 0 Å². The average Bonchev–Trinajstić information content (AvgIpc) is 3.06. The number of para-hydroxylation sites is 1. The lowest BCUT2D eigenvalue weighted by atomic mass is 9.78. The third-order valence-corrected chi connectivity index (χ3v) is 5.95. The van der Waals surface area contributed by atoms with Crippen LogP contribution in [0.25, 0.3) is 0 Å². The molecule has 1 saturated carbocycles. The van der Waals surface area contributed by atoms with Gasteiger partial charge in [-0.2, -0.15) is 0 Å². The van der Waals surface area contributed by atoms with Crippen LogP contribution in [0.4, 0.5) is 0 Å². The van der Waals surface area contributed by atoms with Crippen LogP contribution in [0.15, 0.2) is 24.3 Å². The number of sulfone groups is 1. The van der Waals surface area contributed by atoms with E-state index in [0.29, 0.717) is 6.54 Å². The molecule has 1 aromatic rings. The molecule has 6 nitrogen and oxygen atoms in total. The molecule has 25 heavy (non-hydrogen) atoms. The molecule has 0 aromatic heterocycles. The molecule has 0 saturated heterocycles. The first-order chi connectivity index (χ1) is 11.8. The highest BCUT2D eigenvalue weighted by molar-refractivity contribution is 7.90. The number of ether oxygens (including phenoxy) is 1. The minimum absolute atomic E-state index is 0.0841. The van der Waals surface area contributed by atoms with Crippen LogP contribution in [0.3, 0.4) is 0 Å². The van der Waals surface area contributed by atoms with E-state index in [0.717, 1.165) is 43.3 Å². The first-order valence-electron chi connectivity index (χ1n) is 8.62. The van der Waals surface area contributed by atoms with E-state index in [9.17, 15) is 13.2 Å². The van der Waals surface area contributed by atoms with Gasteiger partial charge in [-0.3, -0.25) is 4.79 Å². The second kappa shape index (κ2) is 8.19. The summed E-state index contributed by atoms with van der Waals surface area (Å²) < 4.78 is 28.0. The zero-order valence-corrected chi connectivity index (χ0v) is 15.8. The van der Waals surface area contributed by atoms with Gasteiger partial charge in [0.05, 0.1) is 18.9 Å². The number of methoxy groups -OCH3 is 1. The maximum absolute atomic E-state index is 12.3. The molecule has 0 spiro atoms. The van der Waals surface area contributed by atoms with E-state index in [4.69, 9.17) is 10.5 Å². The van der Waals surface area contributed by atoms with Crippen molar-refractivity contribution in [2.75, 3.05) is 25.7 Å². The predicted octanol–water partition coefficient (Wildman–Crippen LogP) is 1.39. The molecule has 0 heterocycles. The van der Waals surface area contributed by atoms with Crippen LogP contribution < -0.4 is 15.8 Å². The third-order valence-electron chi connectivity index (χ3n) is 4.98. The molecule has 7 heteroatoms. The van der Waals surface area contributed by atoms with Crippen molar-refractivity contribution in [2.24, 2.45) is 5.73 Å². The number of rotatable bonds is 8. The Labute approximate surface area is 150 Å². The normalized spacial score (nSPS) is 17.9. The number of carbonyl (C=O) groups is 1. The van der Waals surface area contributed by atoms with Gasteiger partial charge in [-0.25, -0.2) is 8.42 Å². The lowest BCUT2D eigenvalue weighted by molar-refractivity contribution is -0.122. The van der Waals surface area contributed by atoms with E-state index < -0.39 is 15.9 Å². The molecule has 1 aliphatic carbocycles. The van der Waals surface area contributed by atoms with Crippen LogP contribution in [0.1, 0.15) is 37.7 Å². The summed E-state index contributed by atoms with van der Waals surface area (Å²) in [7, 11) is -1.47. The van der Waals surface area contributed by atoms with Gasteiger partial charge in [0.2, 0.25) is 5.91 Å². The first-order valence-corrected chi connectivity index (χ1v) is 10.7. The van der Waals surface area contributed by atoms with Crippen molar-refractivity contribution in [3.05, 3.63) is 29.8 Å². The molecule has 140 valence electrons. The molecule has 0 aliphatic heterocycles. The van der Waals surface area contributed by atoms with Gasteiger partial charge in [0.1, 0.15) is 15.6 Å². The molecule has 1 unspecified atom stereocenters. The maximum Gasteiger partial charge on any atom is 0.236 e. The molecule has 1 atom stereocenters. The number of benzene rings is 1. The van der Waals surface area contributed by atoms with E-state index in [-0.39, 0.29) is 23.5 Å². The minimum Gasteiger partial charge on any atom is -0.496 e. The lowest BCUT2D eigenvalue weighted by Crippen LogP contribution is -2.46. The van der Waals surface area contributed by atoms with Crippen molar-refractivity contribution in [3.8, 4) is 5.75 Å². The standard InChI is InChI=1S/C18H28N2O4S/c1-24-16-8-4-3-7-14(16)18(10-5-6-11-18)13-20-17(21)15(19)9-12-25(2,22)23/h3-4,7-8,15H,5-6,9-13,19H2,1-2H3,(H,20,21). The summed E-state index contributed by atoms with van der Waals surface area (Å²) >= 11 is 0. The van der Waals surface area contributed by atoms with Crippen LogP contribution in [0, 0.1) is 0 Å². The van der Waals surface area contributed by atoms with Crippen molar-refractivity contribution >= 4 is 15.7 Å². The zero-order valence-electron chi connectivity index (χ0n) is 15.0. The fourth-order valence-electron chi connectivity index (χ4n) is 3.54. The Morgan fingerprint density at radius 3 is 2.56 bits per heavy atom. The Morgan fingerprint density at radius 2 is 1.96 bits per heavy atom. The molecular formula is C18H28N2O4S. The molecule has 1 fully saturated rings. The molecule has 0 radical (unpaired) electrons. The fraction of sp³-hybridized carbons (Fsp3) is 0.611. The zero-order chi connectivity index (χ0) is 18.5. The largest absolute Gasteiger partial charge is 0.496 e. The number of hydrogen-bond donors (Lipinski definition) is 2. The maximum atomic E-state index is 12.3. The van der Waals surface area contributed by atoms with E-state index in [1.54, 1.807) is 7.11 Å². The molecule has 1 aromatic carbocycles. The van der Waals surface area contributed by atoms with Crippen molar-refractivity contribution in [3.63, 3.8) is 0 Å². The lowest BCUT2D eigenvalue weighted by Gasteiger charge is -2.31. The van der Waals surface area contributed by atoms with Gasteiger partial charge in [-0.15, -0.1) is 0 Å². The van der Waals surface area contributed by atoms with Gasteiger partial charge in [0, 0.05) is 23.8 Å². The van der Waals surface area contributed by atoms with Crippen molar-refractivity contribution < 1.29 is 17.9 Å². The average molecular weight is 368 g/mol. The van der Waals surface area contributed by atoms with Crippen molar-refractivity contribution in [1.29, 1.82) is 0 Å². The van der Waals surface area contributed by atoms with Gasteiger partial charge in [0.25, 0.3) is 0 Å². The highest BCUT2D eigenvalue weighted by Gasteiger charge is 2.38. The SMILES string of the molecule is COc1ccccc1C1(CNC(=O)C(N)CCS(C)(=O)=O)CCCC1. The first kappa shape index (κ1) is 19.7. The van der Waals surface area contributed by atoms with Crippen LogP contribution in [0.5, 0.6) is 5.75 Å². The van der Waals surface area contributed by atoms with Crippen molar-refractivity contribution in [2.45, 2.75) is 43.6 Å². The van der Waals surface area contributed by atoms with Gasteiger partial charge < -0.3 is 15.8 Å². The Bertz CT molecular complexity index is 697. The highest BCUT2D eigenvalue weighted by atomic mass is 32.2. The minimum atomic E-state index is -3.12. The second-order valence-corrected chi connectivity index (χ2v) is 9.19. The van der Waals surface area contributed by atoms with Crippen molar-refractivity contribution in [1.82, 2.24) is 5.32 Å². The molecular weight excluding hydrogens is 340 g/mol. The second-order valence-electron chi connectivity index (χ2n) is 6.93. The van der Waals surface area contributed by atoms with E-state index in [2.05, 4.69) is 11.4 Å². The van der Waals surface area contributed by atoms with Gasteiger partial charge >= 0.3 is 0 Å². The highest BCUT2D eigenvalue weighted by Crippen LogP contribution is 2.44. The number of carbonyl (C=O) groups excluding carboxylic acids is 1. The van der Waals surface area contributed by atoms with Crippen LogP contribution >= 0.6 is 0 Å². The van der Waals surface area contributed by atoms with Crippen LogP contribution in [-0.2, 0) is 20.0 Å². The van der Waals surface area contributed by atoms with Crippen LogP contribution in [-0.4, -0.2) is 46.0 Å². The Morgan fingerprint density at radius 1 is 1.32 bits per heavy atom. The topological polar surface area (TPSA) is 98.5 Å². The molecule has 0 bridgehead atoms. The smallest absolute Gasteiger partial charge is 0.236 e. The monoisotopic (exact) mass is 368 g/mol. The van der Waals surface area contributed by atoms with E-state index in [1.807, 2.05) is 18.2 Å². The predicted molar refractivity (Wildman–Crippen MR) is 98.5 cm³/mol. The Kier molecular flexibility index (Phi) is 6.46. The molecule has 3 N–H and O–H groups in total. The van der Waals surface area contributed by atoms with Crippen LogP contribution in [0.2, 0.25) is 0 Å². The molecule has 2 rings (SSSR count). The number of nitrogens with two attached hydrogens (primary N) is 1. The van der Waals surface area contributed by atoms with E-state index >= 15 is 0 Å². The summed E-state index contributed by atoms with van der Waals surface area (Å²) in [6.07, 6.45) is 5.44. The summed E-state index contributed by atoms with van der Waals surface area (Å²) in [6, 6.07) is 7.10. The van der Waals surface area contributed by atoms with Gasteiger partial charge in [-0.1, -0.05) is 31.0 Å². The summed E-state index contributed by atoms with van der Waals surface area (Å²) in [5.41, 5.74) is 6.80.